The Hall–Kier alpha value is -2.77. The number of rotatable bonds is 3. The maximum Gasteiger partial charge on any atom is 0.417 e. The highest BCUT2D eigenvalue weighted by atomic mass is 19.4. The second-order valence-corrected chi connectivity index (χ2v) is 4.97. The third-order valence-corrected chi connectivity index (χ3v) is 3.43. The van der Waals surface area contributed by atoms with Crippen molar-refractivity contribution in [2.75, 3.05) is 0 Å². The lowest BCUT2D eigenvalue weighted by Gasteiger charge is -2.10. The number of amides is 1. The minimum absolute atomic E-state index is 0.213. The Morgan fingerprint density at radius 2 is 1.72 bits per heavy atom. The predicted molar refractivity (Wildman–Crippen MR) is 80.3 cm³/mol. The first-order chi connectivity index (χ1) is 11.8. The number of carbonyl (C=O) groups excluding carboxylic acids is 1. The van der Waals surface area contributed by atoms with Gasteiger partial charge in [-0.1, -0.05) is 31.2 Å². The summed E-state index contributed by atoms with van der Waals surface area (Å²) in [5, 5.41) is 0. The summed E-state index contributed by atoms with van der Waals surface area (Å²) in [5.41, 5.74) is -2.27. The van der Waals surface area contributed by atoms with E-state index < -0.39 is 40.5 Å². The molecule has 2 aromatic rings. The van der Waals surface area contributed by atoms with Gasteiger partial charge in [-0.2, -0.15) is 18.2 Å². The summed E-state index contributed by atoms with van der Waals surface area (Å²) in [5.74, 6) is -3.31. The number of benzene rings is 2. The highest BCUT2D eigenvalue weighted by Crippen LogP contribution is 2.32. The lowest BCUT2D eigenvalue weighted by atomic mass is 10.1. The topological polar surface area (TPSA) is 38.7 Å². The molecule has 1 amide bonds. The van der Waals surface area contributed by atoms with E-state index in [1.54, 1.807) is 6.92 Å². The number of halogens is 5. The molecule has 0 bridgehead atoms. The zero-order chi connectivity index (χ0) is 18.6. The second kappa shape index (κ2) is 7.42. The van der Waals surface area contributed by atoms with Crippen molar-refractivity contribution >= 4 is 11.8 Å². The van der Waals surface area contributed by atoms with Crippen molar-refractivity contribution in [1.29, 1.82) is 0 Å². The van der Waals surface area contributed by atoms with E-state index in [0.29, 0.717) is 6.07 Å². The quantitative estimate of drug-likeness (QED) is 0.445. The molecular weight excluding hydrogens is 345 g/mol. The zero-order valence-electron chi connectivity index (χ0n) is 12.9. The number of carbonyl (C=O) groups is 1. The molecule has 25 heavy (non-hydrogen) atoms. The summed E-state index contributed by atoms with van der Waals surface area (Å²) in [4.78, 5) is 18.7. The van der Waals surface area contributed by atoms with Crippen LogP contribution in [0.2, 0.25) is 0 Å². The van der Waals surface area contributed by atoms with Gasteiger partial charge in [0.1, 0.15) is 5.82 Å². The Kier molecular flexibility index (Phi) is 5.51. The monoisotopic (exact) mass is 357 g/mol. The first-order valence-electron chi connectivity index (χ1n) is 7.15. The number of hydrogen-bond donors (Lipinski definition) is 0. The molecule has 0 aliphatic rings. The Morgan fingerprint density at radius 3 is 2.32 bits per heavy atom. The van der Waals surface area contributed by atoms with Crippen LogP contribution in [0.5, 0.6) is 0 Å². The molecule has 0 aliphatic heterocycles. The molecule has 8 heteroatoms. The third kappa shape index (κ3) is 4.01. The molecule has 0 N–H and O–H groups in total. The summed E-state index contributed by atoms with van der Waals surface area (Å²) in [6.07, 6.45) is -4.52. The van der Waals surface area contributed by atoms with Crippen molar-refractivity contribution in [3.63, 3.8) is 0 Å². The molecule has 3 nitrogen and oxygen atoms in total. The molecule has 0 fully saturated rings. The van der Waals surface area contributed by atoms with Crippen LogP contribution in [0.4, 0.5) is 22.1 Å². The van der Waals surface area contributed by atoms with Crippen LogP contribution in [-0.4, -0.2) is 11.8 Å². The van der Waals surface area contributed by atoms with Crippen LogP contribution in [0.25, 0.3) is 0 Å². The number of nitrogens with zero attached hydrogens (tertiary/aromatic N) is 1. The van der Waals surface area contributed by atoms with Crippen molar-refractivity contribution in [1.82, 2.24) is 0 Å². The normalized spacial score (nSPS) is 12.2. The summed E-state index contributed by atoms with van der Waals surface area (Å²) in [7, 11) is 0. The fourth-order valence-corrected chi connectivity index (χ4v) is 2.21. The van der Waals surface area contributed by atoms with E-state index >= 15 is 0 Å². The smallest absolute Gasteiger partial charge is 0.273 e. The van der Waals surface area contributed by atoms with Gasteiger partial charge >= 0.3 is 6.18 Å². The fourth-order valence-electron chi connectivity index (χ4n) is 2.21. The first-order valence-corrected chi connectivity index (χ1v) is 7.15. The van der Waals surface area contributed by atoms with Gasteiger partial charge in [-0.25, -0.2) is 4.39 Å². The summed E-state index contributed by atoms with van der Waals surface area (Å²) >= 11 is 0. The van der Waals surface area contributed by atoms with Crippen molar-refractivity contribution in [3.05, 3.63) is 70.5 Å². The van der Waals surface area contributed by atoms with E-state index in [0.717, 1.165) is 18.2 Å². The SMILES string of the molecule is CCc1cccc(C(=NC(=O)c2ccccc2C(F)(F)F)OF)c1F. The van der Waals surface area contributed by atoms with Gasteiger partial charge in [-0.3, -0.25) is 9.74 Å². The molecule has 132 valence electrons. The minimum Gasteiger partial charge on any atom is -0.273 e. The van der Waals surface area contributed by atoms with Crippen LogP contribution >= 0.6 is 0 Å². The van der Waals surface area contributed by atoms with Crippen LogP contribution in [-0.2, 0) is 17.5 Å². The largest absolute Gasteiger partial charge is 0.417 e. The molecule has 2 aromatic carbocycles. The van der Waals surface area contributed by atoms with E-state index in [4.69, 9.17) is 0 Å². The Labute approximate surface area is 139 Å². The lowest BCUT2D eigenvalue weighted by molar-refractivity contribution is -0.137. The molecule has 0 heterocycles. The number of alkyl halides is 3. The van der Waals surface area contributed by atoms with Gasteiger partial charge in [0.25, 0.3) is 11.8 Å². The standard InChI is InChI=1S/C17H12F5NO2/c1-2-10-6-5-8-12(14(10)18)16(25-22)23-15(24)11-7-3-4-9-13(11)17(19,20)21/h3-9H,2H2,1H3. The number of aryl methyl sites for hydroxylation is 1. The van der Waals surface area contributed by atoms with Crippen molar-refractivity contribution in [3.8, 4) is 0 Å². The van der Waals surface area contributed by atoms with Crippen LogP contribution in [0.3, 0.4) is 0 Å². The molecule has 0 unspecified atom stereocenters. The molecule has 0 aromatic heterocycles. The van der Waals surface area contributed by atoms with E-state index in [2.05, 4.69) is 9.93 Å². The highest BCUT2D eigenvalue weighted by molar-refractivity contribution is 6.07. The van der Waals surface area contributed by atoms with Crippen molar-refractivity contribution in [2.24, 2.45) is 4.99 Å². The third-order valence-electron chi connectivity index (χ3n) is 3.43. The number of aliphatic imine (C=N–C) groups is 1. The average molecular weight is 357 g/mol. The molecule has 0 aliphatic carbocycles. The molecule has 0 atom stereocenters. The lowest BCUT2D eigenvalue weighted by Crippen LogP contribution is -2.14. The van der Waals surface area contributed by atoms with Crippen LogP contribution in [0, 0.1) is 5.82 Å². The van der Waals surface area contributed by atoms with Gasteiger partial charge in [0, 0.05) is 4.53 Å². The molecule has 0 saturated heterocycles. The van der Waals surface area contributed by atoms with Crippen molar-refractivity contribution < 1.29 is 31.8 Å². The maximum atomic E-state index is 14.2. The Bertz CT molecular complexity index is 815. The Balaban J connectivity index is 2.50. The van der Waals surface area contributed by atoms with E-state index in [9.17, 15) is 26.9 Å². The molecule has 0 radical (unpaired) electrons. The average Bonchev–Trinajstić information content (AvgIpc) is 2.59. The van der Waals surface area contributed by atoms with Crippen LogP contribution in [0.15, 0.2) is 47.5 Å². The van der Waals surface area contributed by atoms with Crippen molar-refractivity contribution in [2.45, 2.75) is 19.5 Å². The number of hydrogen-bond acceptors (Lipinski definition) is 2. The zero-order valence-corrected chi connectivity index (χ0v) is 12.9. The summed E-state index contributed by atoms with van der Waals surface area (Å²) in [6, 6.07) is 7.82. The van der Waals surface area contributed by atoms with E-state index in [1.807, 2.05) is 0 Å². The van der Waals surface area contributed by atoms with Gasteiger partial charge < -0.3 is 0 Å². The van der Waals surface area contributed by atoms with Crippen LogP contribution in [0.1, 0.15) is 34.0 Å². The van der Waals surface area contributed by atoms with Gasteiger partial charge in [0.05, 0.1) is 16.7 Å². The summed E-state index contributed by atoms with van der Waals surface area (Å²) in [6.45, 7) is 1.65. The fraction of sp³-hybridized carbons (Fsp3) is 0.176. The first kappa shape index (κ1) is 18.6. The van der Waals surface area contributed by atoms with E-state index in [-0.39, 0.29) is 12.0 Å². The molecule has 2 rings (SSSR count). The second-order valence-electron chi connectivity index (χ2n) is 4.97. The van der Waals surface area contributed by atoms with Gasteiger partial charge in [0.15, 0.2) is 0 Å². The Morgan fingerprint density at radius 1 is 1.08 bits per heavy atom. The highest BCUT2D eigenvalue weighted by Gasteiger charge is 2.35. The van der Waals surface area contributed by atoms with Gasteiger partial charge in [-0.05, 0) is 30.2 Å². The minimum atomic E-state index is -4.80. The molecule has 0 spiro atoms. The summed E-state index contributed by atoms with van der Waals surface area (Å²) < 4.78 is 65.9. The maximum absolute atomic E-state index is 14.2. The van der Waals surface area contributed by atoms with Gasteiger partial charge in [0.2, 0.25) is 0 Å². The van der Waals surface area contributed by atoms with Crippen LogP contribution < -0.4 is 0 Å². The predicted octanol–water partition coefficient (Wildman–Crippen LogP) is 4.90. The van der Waals surface area contributed by atoms with Gasteiger partial charge in [-0.15, -0.1) is 0 Å². The molecule has 0 saturated carbocycles. The van der Waals surface area contributed by atoms with E-state index in [1.165, 1.54) is 18.2 Å². The molecular formula is C17H12F5NO2.